The van der Waals surface area contributed by atoms with Gasteiger partial charge in [-0.15, -0.1) is 0 Å². The normalized spacial score (nSPS) is 12.8. The third-order valence-electron chi connectivity index (χ3n) is 12.5. The summed E-state index contributed by atoms with van der Waals surface area (Å²) in [5.41, 5.74) is 0. The van der Waals surface area contributed by atoms with Crippen molar-refractivity contribution in [3.63, 3.8) is 0 Å². The molecule has 4 heteroatoms. The van der Waals surface area contributed by atoms with Crippen LogP contribution in [0.15, 0.2) is 12.2 Å². The van der Waals surface area contributed by atoms with Crippen LogP contribution in [0.1, 0.15) is 303 Å². The van der Waals surface area contributed by atoms with Crippen molar-refractivity contribution in [2.75, 3.05) is 6.61 Å². The number of amides is 1. The number of rotatable bonds is 49. The third kappa shape index (κ3) is 46.1. The molecule has 0 aliphatic rings. The van der Waals surface area contributed by atoms with Crippen LogP contribution in [-0.4, -0.2) is 34.9 Å². The zero-order valence-electron chi connectivity index (χ0n) is 39.1. The summed E-state index contributed by atoms with van der Waals surface area (Å²) in [7, 11) is 0. The van der Waals surface area contributed by atoms with E-state index in [4.69, 9.17) is 0 Å². The Labute approximate surface area is 358 Å². The number of hydrogen-bond acceptors (Lipinski definition) is 3. The van der Waals surface area contributed by atoms with Crippen LogP contribution < -0.4 is 5.32 Å². The van der Waals surface area contributed by atoms with E-state index >= 15 is 0 Å². The highest BCUT2D eigenvalue weighted by Gasteiger charge is 2.18. The number of allylic oxidation sites excluding steroid dienone is 1. The Morgan fingerprint density at radius 1 is 0.404 bits per heavy atom. The highest BCUT2D eigenvalue weighted by Crippen LogP contribution is 2.18. The molecular weight excluding hydrogens is 699 g/mol. The van der Waals surface area contributed by atoms with Crippen LogP contribution in [0.4, 0.5) is 0 Å². The summed E-state index contributed by atoms with van der Waals surface area (Å²) in [6.07, 6.45) is 63.7. The molecule has 0 fully saturated rings. The molecule has 0 aliphatic heterocycles. The van der Waals surface area contributed by atoms with Crippen LogP contribution in [0.25, 0.3) is 0 Å². The highest BCUT2D eigenvalue weighted by atomic mass is 16.3. The molecule has 0 bridgehead atoms. The summed E-state index contributed by atoms with van der Waals surface area (Å²) in [4.78, 5) is 12.4. The van der Waals surface area contributed by atoms with Crippen LogP contribution in [0, 0.1) is 0 Å². The fourth-order valence-corrected chi connectivity index (χ4v) is 8.48. The molecule has 0 spiro atoms. The molecule has 0 saturated heterocycles. The lowest BCUT2D eigenvalue weighted by Gasteiger charge is -2.20. The molecule has 0 heterocycles. The number of hydrogen-bond donors (Lipinski definition) is 3. The monoisotopic (exact) mass is 804 g/mol. The van der Waals surface area contributed by atoms with Crippen LogP contribution in [0.2, 0.25) is 0 Å². The molecule has 0 aromatic rings. The Hall–Kier alpha value is -0.870. The third-order valence-corrected chi connectivity index (χ3v) is 12.5. The molecule has 0 aliphatic carbocycles. The predicted octanol–water partition coefficient (Wildman–Crippen LogP) is 17.0. The molecule has 2 unspecified atom stereocenters. The fraction of sp³-hybridized carbons (Fsp3) is 0.943. The second-order valence-electron chi connectivity index (χ2n) is 18.3. The van der Waals surface area contributed by atoms with Gasteiger partial charge >= 0.3 is 0 Å². The molecule has 57 heavy (non-hydrogen) atoms. The fourth-order valence-electron chi connectivity index (χ4n) is 8.48. The van der Waals surface area contributed by atoms with E-state index in [9.17, 15) is 15.0 Å². The maximum atomic E-state index is 12.4. The SMILES string of the molecule is CCCCCCCCCCCCCC/C=C/C(O)C(CO)NC(=O)CCCCCCCCCCCCCCCCCCCCCCCCCCCCCCCCC. The maximum Gasteiger partial charge on any atom is 0.220 e. The van der Waals surface area contributed by atoms with Crippen molar-refractivity contribution in [1.82, 2.24) is 5.32 Å². The topological polar surface area (TPSA) is 69.6 Å². The van der Waals surface area contributed by atoms with E-state index in [1.54, 1.807) is 6.08 Å². The van der Waals surface area contributed by atoms with Crippen molar-refractivity contribution in [1.29, 1.82) is 0 Å². The summed E-state index contributed by atoms with van der Waals surface area (Å²) in [6, 6.07) is -0.617. The van der Waals surface area contributed by atoms with Gasteiger partial charge in [-0.05, 0) is 19.3 Å². The van der Waals surface area contributed by atoms with Gasteiger partial charge in [0.15, 0.2) is 0 Å². The lowest BCUT2D eigenvalue weighted by Crippen LogP contribution is -2.45. The first-order valence-electron chi connectivity index (χ1n) is 26.4. The molecule has 0 aromatic heterocycles. The van der Waals surface area contributed by atoms with Crippen LogP contribution in [0.3, 0.4) is 0 Å². The number of unbranched alkanes of at least 4 members (excludes halogenated alkanes) is 42. The van der Waals surface area contributed by atoms with Gasteiger partial charge < -0.3 is 15.5 Å². The molecular formula is C53H105NO3. The zero-order chi connectivity index (χ0) is 41.4. The first kappa shape index (κ1) is 56.1. The maximum absolute atomic E-state index is 12.4. The van der Waals surface area contributed by atoms with Crippen LogP contribution in [0.5, 0.6) is 0 Å². The van der Waals surface area contributed by atoms with Gasteiger partial charge in [0, 0.05) is 6.42 Å². The molecule has 4 nitrogen and oxygen atoms in total. The van der Waals surface area contributed by atoms with Gasteiger partial charge in [0.2, 0.25) is 5.91 Å². The van der Waals surface area contributed by atoms with Crippen molar-refractivity contribution in [3.05, 3.63) is 12.2 Å². The molecule has 0 radical (unpaired) electrons. The standard InChI is InChI=1S/C53H105NO3/c1-3-5-7-9-11-13-15-17-19-20-21-22-23-24-25-26-27-28-29-30-31-32-33-34-35-37-39-41-43-45-47-49-53(57)54-51(50-55)52(56)48-46-44-42-40-38-36-18-16-14-12-10-8-6-4-2/h46,48,51-52,55-56H,3-45,47,49-50H2,1-2H3,(H,54,57)/b48-46+. The van der Waals surface area contributed by atoms with E-state index in [0.717, 1.165) is 25.7 Å². The van der Waals surface area contributed by atoms with Gasteiger partial charge in [-0.1, -0.05) is 289 Å². The van der Waals surface area contributed by atoms with E-state index in [2.05, 4.69) is 19.2 Å². The number of nitrogens with one attached hydrogen (secondary N) is 1. The lowest BCUT2D eigenvalue weighted by atomic mass is 10.0. The summed E-state index contributed by atoms with van der Waals surface area (Å²) in [5, 5.41) is 23.1. The summed E-state index contributed by atoms with van der Waals surface area (Å²) >= 11 is 0. The van der Waals surface area contributed by atoms with Gasteiger partial charge in [-0.2, -0.15) is 0 Å². The van der Waals surface area contributed by atoms with Crippen LogP contribution in [-0.2, 0) is 4.79 Å². The molecule has 2 atom stereocenters. The Bertz CT molecular complexity index is 784. The summed E-state index contributed by atoms with van der Waals surface area (Å²) < 4.78 is 0. The van der Waals surface area contributed by atoms with Gasteiger partial charge in [-0.3, -0.25) is 4.79 Å². The van der Waals surface area contributed by atoms with Crippen molar-refractivity contribution >= 4 is 5.91 Å². The summed E-state index contributed by atoms with van der Waals surface area (Å²) in [5.74, 6) is -0.0575. The molecule has 0 rings (SSSR count). The predicted molar refractivity (Wildman–Crippen MR) is 253 cm³/mol. The van der Waals surface area contributed by atoms with Crippen molar-refractivity contribution < 1.29 is 15.0 Å². The van der Waals surface area contributed by atoms with Gasteiger partial charge in [0.05, 0.1) is 18.8 Å². The summed E-state index contributed by atoms with van der Waals surface area (Å²) in [6.45, 7) is 4.34. The number of aliphatic hydroxyl groups excluding tert-OH is 2. The molecule has 0 aromatic carbocycles. The first-order valence-corrected chi connectivity index (χ1v) is 26.4. The van der Waals surface area contributed by atoms with E-state index < -0.39 is 12.1 Å². The van der Waals surface area contributed by atoms with Crippen molar-refractivity contribution in [2.45, 2.75) is 315 Å². The highest BCUT2D eigenvalue weighted by molar-refractivity contribution is 5.76. The smallest absolute Gasteiger partial charge is 0.220 e. The Balaban J connectivity index is 3.40. The molecule has 3 N–H and O–H groups in total. The Morgan fingerprint density at radius 3 is 0.912 bits per heavy atom. The van der Waals surface area contributed by atoms with Crippen LogP contribution >= 0.6 is 0 Å². The lowest BCUT2D eigenvalue weighted by molar-refractivity contribution is -0.123. The minimum atomic E-state index is -0.834. The average molecular weight is 804 g/mol. The van der Waals surface area contributed by atoms with Gasteiger partial charge in [0.25, 0.3) is 0 Å². The minimum absolute atomic E-state index is 0.0575. The number of aliphatic hydroxyl groups is 2. The average Bonchev–Trinajstić information content (AvgIpc) is 3.22. The zero-order valence-corrected chi connectivity index (χ0v) is 39.1. The Kier molecular flexibility index (Phi) is 48.7. The number of carbonyl (C=O) groups excluding carboxylic acids is 1. The second kappa shape index (κ2) is 49.5. The van der Waals surface area contributed by atoms with Gasteiger partial charge in [0.1, 0.15) is 0 Å². The van der Waals surface area contributed by atoms with E-state index in [0.29, 0.717) is 6.42 Å². The molecule has 340 valence electrons. The minimum Gasteiger partial charge on any atom is -0.394 e. The van der Waals surface area contributed by atoms with Crippen molar-refractivity contribution in [2.24, 2.45) is 0 Å². The second-order valence-corrected chi connectivity index (χ2v) is 18.3. The largest absolute Gasteiger partial charge is 0.394 e. The van der Waals surface area contributed by atoms with E-state index in [1.165, 1.54) is 257 Å². The number of carbonyl (C=O) groups is 1. The Morgan fingerprint density at radius 2 is 0.649 bits per heavy atom. The molecule has 0 saturated carbocycles. The molecule has 1 amide bonds. The first-order chi connectivity index (χ1) is 28.2. The van der Waals surface area contributed by atoms with E-state index in [1.807, 2.05) is 6.08 Å². The van der Waals surface area contributed by atoms with Crippen molar-refractivity contribution in [3.8, 4) is 0 Å². The van der Waals surface area contributed by atoms with Gasteiger partial charge in [-0.25, -0.2) is 0 Å². The quantitative estimate of drug-likeness (QED) is 0.0424. The van der Waals surface area contributed by atoms with E-state index in [-0.39, 0.29) is 12.5 Å².